The second-order valence-electron chi connectivity index (χ2n) is 13.3. The van der Waals surface area contributed by atoms with Crippen LogP contribution in [0.25, 0.3) is 0 Å². The van der Waals surface area contributed by atoms with Crippen molar-refractivity contribution in [1.82, 2.24) is 9.80 Å². The summed E-state index contributed by atoms with van der Waals surface area (Å²) < 4.78 is 22.2. The molecule has 0 N–H and O–H groups in total. The highest BCUT2D eigenvalue weighted by molar-refractivity contribution is 6.09. The summed E-state index contributed by atoms with van der Waals surface area (Å²) in [7, 11) is 2.15. The Kier molecular flexibility index (Phi) is 15.3. The van der Waals surface area contributed by atoms with Gasteiger partial charge in [-0.25, -0.2) is 0 Å². The number of esters is 2. The first kappa shape index (κ1) is 38.3. The van der Waals surface area contributed by atoms with Gasteiger partial charge in [0.05, 0.1) is 31.8 Å². The smallest absolute Gasteiger partial charge is 0.307 e. The Morgan fingerprint density at radius 2 is 1.12 bits per heavy atom. The van der Waals surface area contributed by atoms with Gasteiger partial charge in [-0.15, -0.1) is 0 Å². The van der Waals surface area contributed by atoms with Gasteiger partial charge in [0, 0.05) is 87.8 Å². The van der Waals surface area contributed by atoms with Gasteiger partial charge in [-0.1, -0.05) is 6.92 Å². The lowest BCUT2D eigenvalue weighted by Gasteiger charge is -2.36. The van der Waals surface area contributed by atoms with Crippen LogP contribution in [0.4, 0.5) is 11.4 Å². The van der Waals surface area contributed by atoms with E-state index < -0.39 is 0 Å². The lowest BCUT2D eigenvalue weighted by atomic mass is 10.0. The zero-order valence-corrected chi connectivity index (χ0v) is 30.1. The Morgan fingerprint density at radius 1 is 0.633 bits per heavy atom. The largest absolute Gasteiger partial charge is 0.463 e. The van der Waals surface area contributed by atoms with E-state index in [1.54, 1.807) is 0 Å². The van der Waals surface area contributed by atoms with E-state index in [4.69, 9.17) is 18.9 Å². The number of anilines is 2. The first-order valence-electron chi connectivity index (χ1n) is 17.8. The number of nitrogens with zero attached hydrogens (tertiary/aromatic N) is 4. The Balaban J connectivity index is 1.09. The Bertz CT molecular complexity index is 1310. The first-order valence-corrected chi connectivity index (χ1v) is 17.8. The third-order valence-corrected chi connectivity index (χ3v) is 8.99. The molecule has 2 aliphatic heterocycles. The number of ether oxygens (including phenoxy) is 4. The SMILES string of the molecule is CCCC(=O)OCC(C)OCC(C)OCC(C)OC(=O)CCN1CCN(c2ccc(C(=O)c3ccc(N4CCN(C)CC4)cc3)cc2)CC1. The number of benzene rings is 2. The summed E-state index contributed by atoms with van der Waals surface area (Å²) in [6.45, 7) is 16.5. The van der Waals surface area contributed by atoms with Crippen LogP contribution in [-0.4, -0.2) is 132 Å². The van der Waals surface area contributed by atoms with Crippen LogP contribution in [-0.2, 0) is 28.5 Å². The van der Waals surface area contributed by atoms with E-state index in [-0.39, 0.29) is 49.2 Å². The van der Waals surface area contributed by atoms with Crippen molar-refractivity contribution in [3.63, 3.8) is 0 Å². The van der Waals surface area contributed by atoms with Gasteiger partial charge in [0.15, 0.2) is 5.78 Å². The lowest BCUT2D eigenvalue weighted by Crippen LogP contribution is -2.47. The lowest BCUT2D eigenvalue weighted by molar-refractivity contribution is -0.155. The van der Waals surface area contributed by atoms with Gasteiger partial charge >= 0.3 is 11.9 Å². The minimum absolute atomic E-state index is 0.0333. The molecule has 2 aromatic rings. The number of likely N-dealkylation sites (N-methyl/N-ethyl adjacent to an activating group) is 1. The van der Waals surface area contributed by atoms with Crippen LogP contribution < -0.4 is 9.80 Å². The summed E-state index contributed by atoms with van der Waals surface area (Å²) in [6.07, 6.45) is 0.721. The van der Waals surface area contributed by atoms with Crippen molar-refractivity contribution in [3.8, 4) is 0 Å². The number of carbonyl (C=O) groups is 3. The topological polar surface area (TPSA) is 101 Å². The Hall–Kier alpha value is -3.51. The Morgan fingerprint density at radius 3 is 1.65 bits per heavy atom. The van der Waals surface area contributed by atoms with Crippen molar-refractivity contribution in [2.24, 2.45) is 0 Å². The van der Waals surface area contributed by atoms with Gasteiger partial charge in [-0.05, 0) is 82.8 Å². The average molecular weight is 681 g/mol. The highest BCUT2D eigenvalue weighted by Gasteiger charge is 2.21. The molecule has 2 heterocycles. The molecule has 2 aromatic carbocycles. The molecule has 2 fully saturated rings. The van der Waals surface area contributed by atoms with E-state index in [2.05, 4.69) is 38.8 Å². The fourth-order valence-corrected chi connectivity index (χ4v) is 5.86. The van der Waals surface area contributed by atoms with Crippen LogP contribution >= 0.6 is 0 Å². The molecule has 11 heteroatoms. The van der Waals surface area contributed by atoms with Crippen LogP contribution in [0, 0.1) is 0 Å². The molecule has 49 heavy (non-hydrogen) atoms. The summed E-state index contributed by atoms with van der Waals surface area (Å²) >= 11 is 0. The number of ketones is 1. The van der Waals surface area contributed by atoms with Gasteiger partial charge in [0.25, 0.3) is 0 Å². The molecule has 3 atom stereocenters. The number of carbonyl (C=O) groups excluding carboxylic acids is 3. The minimum Gasteiger partial charge on any atom is -0.463 e. The standard InChI is InChI=1S/C38H56N4O7/c1-6-7-36(43)48-27-30(3)46-26-29(2)47-28-31(4)49-37(44)16-17-40-20-24-42(25-21-40)35-14-10-33(11-15-35)38(45)32-8-12-34(13-9-32)41-22-18-39(5)19-23-41/h8-15,29-31H,6-7,16-28H2,1-5H3. The molecule has 3 unspecified atom stereocenters. The first-order chi connectivity index (χ1) is 23.6. The maximum Gasteiger partial charge on any atom is 0.307 e. The third kappa shape index (κ3) is 12.7. The van der Waals surface area contributed by atoms with Crippen molar-refractivity contribution >= 4 is 29.1 Å². The molecule has 4 rings (SSSR count). The van der Waals surface area contributed by atoms with Crippen LogP contribution in [0.5, 0.6) is 0 Å². The molecule has 0 aromatic heterocycles. The van der Waals surface area contributed by atoms with Crippen molar-refractivity contribution in [1.29, 1.82) is 0 Å². The zero-order valence-electron chi connectivity index (χ0n) is 30.1. The van der Waals surface area contributed by atoms with E-state index in [1.807, 2.05) is 64.1 Å². The summed E-state index contributed by atoms with van der Waals surface area (Å²) in [6, 6.07) is 15.9. The molecule has 2 saturated heterocycles. The van der Waals surface area contributed by atoms with Gasteiger partial charge in [-0.3, -0.25) is 19.3 Å². The molecule has 0 bridgehead atoms. The molecular weight excluding hydrogens is 624 g/mol. The summed E-state index contributed by atoms with van der Waals surface area (Å²) in [5.41, 5.74) is 3.65. The molecule has 0 aliphatic carbocycles. The van der Waals surface area contributed by atoms with Crippen molar-refractivity contribution in [2.75, 3.05) is 95.6 Å². The van der Waals surface area contributed by atoms with Gasteiger partial charge < -0.3 is 33.6 Å². The molecule has 270 valence electrons. The van der Waals surface area contributed by atoms with E-state index in [9.17, 15) is 14.4 Å². The minimum atomic E-state index is -0.365. The summed E-state index contributed by atoms with van der Waals surface area (Å²) in [4.78, 5) is 46.5. The number of hydrogen-bond acceptors (Lipinski definition) is 11. The van der Waals surface area contributed by atoms with Crippen molar-refractivity contribution in [3.05, 3.63) is 59.7 Å². The highest BCUT2D eigenvalue weighted by atomic mass is 16.6. The van der Waals surface area contributed by atoms with Crippen LogP contribution in [0.1, 0.15) is 62.9 Å². The maximum atomic E-state index is 13.2. The molecule has 0 amide bonds. The molecule has 2 aliphatic rings. The molecule has 0 spiro atoms. The highest BCUT2D eigenvalue weighted by Crippen LogP contribution is 2.22. The normalized spacial score (nSPS) is 17.7. The zero-order chi connectivity index (χ0) is 35.2. The molecule has 0 saturated carbocycles. The third-order valence-electron chi connectivity index (χ3n) is 8.99. The number of piperazine rings is 2. The second kappa shape index (κ2) is 19.6. The van der Waals surface area contributed by atoms with Gasteiger partial charge in [0.2, 0.25) is 0 Å². The number of hydrogen-bond donors (Lipinski definition) is 0. The van der Waals surface area contributed by atoms with Crippen molar-refractivity contribution in [2.45, 2.75) is 65.3 Å². The molecule has 11 nitrogen and oxygen atoms in total. The van der Waals surface area contributed by atoms with Crippen molar-refractivity contribution < 1.29 is 33.3 Å². The van der Waals surface area contributed by atoms with E-state index in [0.29, 0.717) is 37.1 Å². The summed E-state index contributed by atoms with van der Waals surface area (Å²) in [5, 5.41) is 0. The number of rotatable bonds is 18. The van der Waals surface area contributed by atoms with Crippen LogP contribution in [0.3, 0.4) is 0 Å². The fourth-order valence-electron chi connectivity index (χ4n) is 5.86. The quantitative estimate of drug-likeness (QED) is 0.167. The second-order valence-corrected chi connectivity index (χ2v) is 13.3. The van der Waals surface area contributed by atoms with Crippen LogP contribution in [0.2, 0.25) is 0 Å². The van der Waals surface area contributed by atoms with E-state index >= 15 is 0 Å². The van der Waals surface area contributed by atoms with E-state index in [1.165, 1.54) is 5.69 Å². The summed E-state index contributed by atoms with van der Waals surface area (Å²) in [5.74, 6) is -0.416. The molecular formula is C38H56N4O7. The monoisotopic (exact) mass is 680 g/mol. The molecule has 0 radical (unpaired) electrons. The van der Waals surface area contributed by atoms with Gasteiger partial charge in [0.1, 0.15) is 12.7 Å². The predicted molar refractivity (Wildman–Crippen MR) is 192 cm³/mol. The maximum absolute atomic E-state index is 13.2. The van der Waals surface area contributed by atoms with E-state index in [0.717, 1.165) is 64.5 Å². The average Bonchev–Trinajstić information content (AvgIpc) is 3.12. The van der Waals surface area contributed by atoms with Crippen LogP contribution in [0.15, 0.2) is 48.5 Å². The van der Waals surface area contributed by atoms with Gasteiger partial charge in [-0.2, -0.15) is 0 Å². The fraction of sp³-hybridized carbons (Fsp3) is 0.605. The Labute approximate surface area is 292 Å². The predicted octanol–water partition coefficient (Wildman–Crippen LogP) is 4.27.